The summed E-state index contributed by atoms with van der Waals surface area (Å²) in [6.07, 6.45) is 6.38. The van der Waals surface area contributed by atoms with Crippen molar-refractivity contribution in [1.82, 2.24) is 10.6 Å². The fourth-order valence-electron chi connectivity index (χ4n) is 3.57. The Hall–Kier alpha value is -2.16. The van der Waals surface area contributed by atoms with Crippen LogP contribution in [0.3, 0.4) is 0 Å². The molecule has 0 aromatic heterocycles. The summed E-state index contributed by atoms with van der Waals surface area (Å²) in [5.74, 6) is 0.974. The standard InChI is InChI=1S/C18H26N4O4S/c23-22(24)17-8-6-14(7-9-17)12-19-18(20-15-4-2-1-3-5-15)21-16-10-11-27(25,26)13-16/h6-9,15-16H,1-5,10-13H2,(H2,19,20,21). The maximum atomic E-state index is 11.7. The average molecular weight is 394 g/mol. The Morgan fingerprint density at radius 1 is 1.07 bits per heavy atom. The molecule has 148 valence electrons. The lowest BCUT2D eigenvalue weighted by Crippen LogP contribution is -2.48. The molecule has 9 heteroatoms. The highest BCUT2D eigenvalue weighted by Crippen LogP contribution is 2.18. The van der Waals surface area contributed by atoms with E-state index in [1.165, 1.54) is 31.4 Å². The largest absolute Gasteiger partial charge is 0.354 e. The minimum atomic E-state index is -2.96. The van der Waals surface area contributed by atoms with Crippen LogP contribution in [0.2, 0.25) is 0 Å². The zero-order valence-electron chi connectivity index (χ0n) is 15.3. The van der Waals surface area contributed by atoms with Crippen molar-refractivity contribution in [3.8, 4) is 0 Å². The second kappa shape index (κ2) is 8.69. The first-order chi connectivity index (χ1) is 12.9. The number of nitrogens with zero attached hydrogens (tertiary/aromatic N) is 2. The van der Waals surface area contributed by atoms with Crippen molar-refractivity contribution >= 4 is 21.5 Å². The predicted octanol–water partition coefficient (Wildman–Crippen LogP) is 2.15. The summed E-state index contributed by atoms with van der Waals surface area (Å²) in [6.45, 7) is 0.375. The summed E-state index contributed by atoms with van der Waals surface area (Å²) in [4.78, 5) is 14.9. The van der Waals surface area contributed by atoms with E-state index in [0.29, 0.717) is 25.0 Å². The van der Waals surface area contributed by atoms with Gasteiger partial charge in [0.25, 0.3) is 5.69 Å². The molecule has 1 saturated carbocycles. The van der Waals surface area contributed by atoms with Crippen LogP contribution >= 0.6 is 0 Å². The van der Waals surface area contributed by atoms with E-state index >= 15 is 0 Å². The van der Waals surface area contributed by atoms with Gasteiger partial charge in [-0.25, -0.2) is 13.4 Å². The van der Waals surface area contributed by atoms with Gasteiger partial charge in [-0.1, -0.05) is 31.4 Å². The van der Waals surface area contributed by atoms with E-state index in [1.54, 1.807) is 12.1 Å². The normalized spacial score (nSPS) is 23.1. The van der Waals surface area contributed by atoms with Gasteiger partial charge < -0.3 is 10.6 Å². The maximum absolute atomic E-state index is 11.7. The third kappa shape index (κ3) is 5.92. The lowest BCUT2D eigenvalue weighted by atomic mass is 9.96. The molecule has 27 heavy (non-hydrogen) atoms. The summed E-state index contributed by atoms with van der Waals surface area (Å²) in [5.41, 5.74) is 0.918. The van der Waals surface area contributed by atoms with Crippen LogP contribution in [-0.2, 0) is 16.4 Å². The Bertz CT molecular complexity index is 786. The van der Waals surface area contributed by atoms with Gasteiger partial charge in [-0.3, -0.25) is 10.1 Å². The van der Waals surface area contributed by atoms with E-state index in [9.17, 15) is 18.5 Å². The summed E-state index contributed by atoms with van der Waals surface area (Å²) in [6, 6.07) is 6.55. The molecular formula is C18H26N4O4S. The zero-order valence-corrected chi connectivity index (χ0v) is 16.1. The summed E-state index contributed by atoms with van der Waals surface area (Å²) >= 11 is 0. The highest BCUT2D eigenvalue weighted by molar-refractivity contribution is 7.91. The summed E-state index contributed by atoms with van der Waals surface area (Å²) in [7, 11) is -2.96. The predicted molar refractivity (Wildman–Crippen MR) is 104 cm³/mol. The number of nitrogens with one attached hydrogen (secondary N) is 2. The van der Waals surface area contributed by atoms with Crippen molar-refractivity contribution < 1.29 is 13.3 Å². The van der Waals surface area contributed by atoms with E-state index < -0.39 is 14.8 Å². The van der Waals surface area contributed by atoms with Crippen LogP contribution in [0.1, 0.15) is 44.1 Å². The molecular weight excluding hydrogens is 368 g/mol. The first-order valence-electron chi connectivity index (χ1n) is 9.42. The molecule has 1 aliphatic heterocycles. The van der Waals surface area contributed by atoms with Gasteiger partial charge in [-0.15, -0.1) is 0 Å². The van der Waals surface area contributed by atoms with Crippen molar-refractivity contribution in [2.24, 2.45) is 4.99 Å². The molecule has 0 radical (unpaired) electrons. The van der Waals surface area contributed by atoms with Crippen LogP contribution in [0.25, 0.3) is 0 Å². The molecule has 1 unspecified atom stereocenters. The molecule has 3 rings (SSSR count). The number of nitro groups is 1. The van der Waals surface area contributed by atoms with E-state index in [-0.39, 0.29) is 23.2 Å². The number of hydrogen-bond donors (Lipinski definition) is 2. The van der Waals surface area contributed by atoms with E-state index in [4.69, 9.17) is 0 Å². The number of rotatable bonds is 5. The third-order valence-corrected chi connectivity index (χ3v) is 6.85. The Morgan fingerprint density at radius 2 is 1.74 bits per heavy atom. The topological polar surface area (TPSA) is 114 Å². The molecule has 8 nitrogen and oxygen atoms in total. The monoisotopic (exact) mass is 394 g/mol. The van der Waals surface area contributed by atoms with Crippen LogP contribution < -0.4 is 10.6 Å². The van der Waals surface area contributed by atoms with E-state index in [1.807, 2.05) is 0 Å². The van der Waals surface area contributed by atoms with Crippen molar-refractivity contribution in [3.63, 3.8) is 0 Å². The zero-order chi connectivity index (χ0) is 19.3. The molecule has 1 aromatic rings. The number of nitro benzene ring substituents is 1. The van der Waals surface area contributed by atoms with Crippen LogP contribution in [-0.4, -0.2) is 42.9 Å². The lowest BCUT2D eigenvalue weighted by molar-refractivity contribution is -0.384. The Morgan fingerprint density at radius 3 is 2.33 bits per heavy atom. The highest BCUT2D eigenvalue weighted by atomic mass is 32.2. The molecule has 1 aliphatic carbocycles. The van der Waals surface area contributed by atoms with E-state index in [0.717, 1.165) is 18.4 Å². The molecule has 0 spiro atoms. The van der Waals surface area contributed by atoms with Gasteiger partial charge in [0.15, 0.2) is 15.8 Å². The van der Waals surface area contributed by atoms with Crippen LogP contribution in [0.15, 0.2) is 29.3 Å². The number of benzene rings is 1. The van der Waals surface area contributed by atoms with Gasteiger partial charge in [0.1, 0.15) is 0 Å². The quantitative estimate of drug-likeness (QED) is 0.342. The maximum Gasteiger partial charge on any atom is 0.269 e. The first kappa shape index (κ1) is 19.6. The van der Waals surface area contributed by atoms with Crippen molar-refractivity contribution in [3.05, 3.63) is 39.9 Å². The Balaban J connectivity index is 1.67. The number of non-ortho nitro benzene ring substituents is 1. The van der Waals surface area contributed by atoms with Gasteiger partial charge in [-0.05, 0) is 24.8 Å². The highest BCUT2D eigenvalue weighted by Gasteiger charge is 2.29. The number of hydrogen-bond acceptors (Lipinski definition) is 5. The van der Waals surface area contributed by atoms with Crippen molar-refractivity contribution in [2.75, 3.05) is 11.5 Å². The second-order valence-electron chi connectivity index (χ2n) is 7.31. The van der Waals surface area contributed by atoms with Gasteiger partial charge >= 0.3 is 0 Å². The summed E-state index contributed by atoms with van der Waals surface area (Å²) in [5, 5.41) is 17.5. The minimum absolute atomic E-state index is 0.0533. The number of aliphatic imine (C=N–C) groups is 1. The smallest absolute Gasteiger partial charge is 0.269 e. The molecule has 1 heterocycles. The Labute approximate surface area is 159 Å². The number of sulfone groups is 1. The fourth-order valence-corrected chi connectivity index (χ4v) is 5.24. The molecule has 0 amide bonds. The average Bonchev–Trinajstić information content (AvgIpc) is 2.99. The Kier molecular flexibility index (Phi) is 6.30. The van der Waals surface area contributed by atoms with E-state index in [2.05, 4.69) is 15.6 Å². The lowest BCUT2D eigenvalue weighted by Gasteiger charge is -2.26. The molecule has 1 aromatic carbocycles. The molecule has 1 atom stereocenters. The fraction of sp³-hybridized carbons (Fsp3) is 0.611. The SMILES string of the molecule is O=[N+]([O-])c1ccc(CN=C(NC2CCCCC2)NC2CCS(=O)(=O)C2)cc1. The molecule has 0 bridgehead atoms. The third-order valence-electron chi connectivity index (χ3n) is 5.09. The molecule has 2 fully saturated rings. The van der Waals surface area contributed by atoms with Gasteiger partial charge in [-0.2, -0.15) is 0 Å². The van der Waals surface area contributed by atoms with Crippen molar-refractivity contribution in [2.45, 2.75) is 57.2 Å². The molecule has 2 N–H and O–H groups in total. The van der Waals surface area contributed by atoms with Gasteiger partial charge in [0.2, 0.25) is 0 Å². The summed E-state index contributed by atoms with van der Waals surface area (Å²) < 4.78 is 23.4. The molecule has 2 aliphatic rings. The van der Waals surface area contributed by atoms with Crippen molar-refractivity contribution in [1.29, 1.82) is 0 Å². The van der Waals surface area contributed by atoms with Crippen LogP contribution in [0.4, 0.5) is 5.69 Å². The first-order valence-corrected chi connectivity index (χ1v) is 11.2. The van der Waals surface area contributed by atoms with Gasteiger partial charge in [0.05, 0.1) is 23.0 Å². The van der Waals surface area contributed by atoms with Gasteiger partial charge in [0, 0.05) is 24.2 Å². The second-order valence-corrected chi connectivity index (χ2v) is 9.54. The minimum Gasteiger partial charge on any atom is -0.354 e. The molecule has 1 saturated heterocycles. The van der Waals surface area contributed by atoms with Crippen LogP contribution in [0.5, 0.6) is 0 Å². The number of guanidine groups is 1. The van der Waals surface area contributed by atoms with Crippen LogP contribution in [0, 0.1) is 10.1 Å².